The van der Waals surface area contributed by atoms with E-state index in [9.17, 15) is 40.3 Å². The first-order valence-corrected chi connectivity index (χ1v) is 14.7. The number of carbonyl (C=O) groups is 1. The number of carboxylic acids is 1. The van der Waals surface area contributed by atoms with Gasteiger partial charge in [-0.3, -0.25) is 4.79 Å². The van der Waals surface area contributed by atoms with Gasteiger partial charge in [0.05, 0.1) is 17.4 Å². The number of aromatic amines is 1. The zero-order chi connectivity index (χ0) is 33.0. The zero-order valence-corrected chi connectivity index (χ0v) is 24.3. The maximum Gasteiger partial charge on any atom is 0.573 e. The summed E-state index contributed by atoms with van der Waals surface area (Å²) >= 11 is 0. The number of rotatable bonds is 8. The second kappa shape index (κ2) is 13.3. The molecular formula is C27H27F5N7O5S-. The molecule has 45 heavy (non-hydrogen) atoms. The number of nitrogens with zero attached hydrogens (tertiary/aromatic N) is 5. The number of piperazine rings is 1. The number of carboxylic acid groups (broad SMARTS) is 1. The molecule has 4 aromatic rings. The fraction of sp³-hybridized carbons (Fsp3) is 0.333. The van der Waals surface area contributed by atoms with Crippen molar-refractivity contribution in [1.82, 2.24) is 24.2 Å². The Morgan fingerprint density at radius 3 is 2.31 bits per heavy atom. The fourth-order valence-corrected chi connectivity index (χ4v) is 5.92. The number of aromatic nitrogens is 4. The Bertz CT molecular complexity index is 1720. The number of sulfonamides is 1. The van der Waals surface area contributed by atoms with E-state index >= 15 is 0 Å². The van der Waals surface area contributed by atoms with Gasteiger partial charge in [0.2, 0.25) is 10.0 Å². The number of aliphatic carboxylic acids is 1. The highest BCUT2D eigenvalue weighted by Crippen LogP contribution is 2.31. The molecule has 1 aliphatic rings. The van der Waals surface area contributed by atoms with Gasteiger partial charge in [0.1, 0.15) is 17.6 Å². The van der Waals surface area contributed by atoms with Gasteiger partial charge in [-0.25, -0.2) is 32.2 Å². The largest absolute Gasteiger partial charge is 0.674 e. The van der Waals surface area contributed by atoms with Crippen LogP contribution in [0.3, 0.4) is 0 Å². The van der Waals surface area contributed by atoms with Gasteiger partial charge in [-0.15, -0.1) is 19.7 Å². The molecule has 1 aliphatic heterocycles. The molecule has 3 N–H and O–H groups in total. The first-order chi connectivity index (χ1) is 21.1. The predicted octanol–water partition coefficient (Wildman–Crippen LogP) is 4.96. The van der Waals surface area contributed by atoms with E-state index in [0.29, 0.717) is 17.1 Å². The molecule has 12 nitrogen and oxygen atoms in total. The average Bonchev–Trinajstić information content (AvgIpc) is 3.49. The van der Waals surface area contributed by atoms with E-state index < -0.39 is 40.1 Å². The van der Waals surface area contributed by atoms with Crippen LogP contribution in [0.2, 0.25) is 0 Å². The van der Waals surface area contributed by atoms with Crippen LogP contribution in [0.15, 0.2) is 66.0 Å². The highest BCUT2D eigenvalue weighted by Gasteiger charge is 2.41. The van der Waals surface area contributed by atoms with Crippen LogP contribution in [0.25, 0.3) is 17.0 Å². The highest BCUT2D eigenvalue weighted by molar-refractivity contribution is 7.89. The minimum atomic E-state index is -4.92. The van der Waals surface area contributed by atoms with Gasteiger partial charge >= 0.3 is 12.3 Å². The zero-order valence-electron chi connectivity index (χ0n) is 23.5. The van der Waals surface area contributed by atoms with Crippen molar-refractivity contribution in [2.45, 2.75) is 43.1 Å². The fourth-order valence-electron chi connectivity index (χ4n) is 4.35. The number of nitrogens with one attached hydrogen (secondary N) is 2. The molecule has 0 spiro atoms. The Morgan fingerprint density at radius 2 is 1.73 bits per heavy atom. The molecule has 1 fully saturated rings. The second-order valence-corrected chi connectivity index (χ2v) is 11.6. The normalized spacial score (nSPS) is 16.2. The number of hydrogen-bond acceptors (Lipinski definition) is 8. The van der Waals surface area contributed by atoms with Crippen LogP contribution < -0.4 is 9.64 Å². The maximum absolute atomic E-state index is 13.1. The maximum atomic E-state index is 13.1. The molecule has 0 bridgehead atoms. The molecule has 2 aromatic heterocycles. The number of fused-ring (bicyclic) bond motifs is 1. The van der Waals surface area contributed by atoms with Crippen LogP contribution in [0, 0.1) is 0 Å². The Labute approximate surface area is 253 Å². The van der Waals surface area contributed by atoms with E-state index in [2.05, 4.69) is 24.7 Å². The topological polar surface area (TPSA) is 165 Å². The minimum absolute atomic E-state index is 0.0344. The van der Waals surface area contributed by atoms with Crippen LogP contribution in [0.4, 0.5) is 27.8 Å². The molecule has 0 radical (unpaired) electrons. The number of hydrogen-bond donors (Lipinski definition) is 2. The highest BCUT2D eigenvalue weighted by atomic mass is 32.2. The standard InChI is InChI=1S/C17H15F3N6O5S.C10H12F2N/c18-17(19,20)31-10-1-3-11(4-2-10)32(29,30)26-6-5-25(8-12(26)16(27)28)13-7-21-14-15(24-13)23-9-22-14;1-2-10(11,12)9-5-3-8(7-13)4-6-9/h1-4,7,9,12H,5-6,8H2,(H,27,28)(H,21,22,23,24);3-6,13H,2,7H2,1H3/q;-1/t12-;/m1./s1. The number of anilines is 1. The van der Waals surface area contributed by atoms with Crippen molar-refractivity contribution in [2.75, 3.05) is 24.5 Å². The molecule has 5 rings (SSSR count). The first kappa shape index (κ1) is 33.5. The smallest absolute Gasteiger partial charge is 0.573 e. The molecule has 0 amide bonds. The second-order valence-electron chi connectivity index (χ2n) is 9.67. The van der Waals surface area contributed by atoms with Crippen LogP contribution in [-0.2, 0) is 27.3 Å². The van der Waals surface area contributed by atoms with Crippen LogP contribution in [0.5, 0.6) is 5.75 Å². The summed E-state index contributed by atoms with van der Waals surface area (Å²) in [6.07, 6.45) is -2.30. The third-order valence-electron chi connectivity index (χ3n) is 6.76. The van der Waals surface area contributed by atoms with Gasteiger partial charge in [0.25, 0.3) is 5.92 Å². The van der Waals surface area contributed by atoms with E-state index in [1.54, 1.807) is 17.0 Å². The lowest BCUT2D eigenvalue weighted by Crippen LogP contribution is -2.58. The third kappa shape index (κ3) is 8.00. The van der Waals surface area contributed by atoms with Crippen molar-refractivity contribution in [3.63, 3.8) is 0 Å². The number of alkyl halides is 5. The lowest BCUT2D eigenvalue weighted by molar-refractivity contribution is -0.274. The van der Waals surface area contributed by atoms with Crippen LogP contribution in [0.1, 0.15) is 24.5 Å². The number of ether oxygens (including phenoxy) is 1. The quantitative estimate of drug-likeness (QED) is 0.250. The van der Waals surface area contributed by atoms with Gasteiger partial charge in [0, 0.05) is 31.6 Å². The molecule has 0 aliphatic carbocycles. The summed E-state index contributed by atoms with van der Waals surface area (Å²) in [5.41, 5.74) is 8.59. The summed E-state index contributed by atoms with van der Waals surface area (Å²) in [4.78, 5) is 28.3. The van der Waals surface area contributed by atoms with Crippen molar-refractivity contribution in [3.05, 3.63) is 77.9 Å². The van der Waals surface area contributed by atoms with Gasteiger partial charge in [-0.2, -0.15) is 4.31 Å². The van der Waals surface area contributed by atoms with Gasteiger partial charge in [0.15, 0.2) is 11.3 Å². The molecule has 0 saturated carbocycles. The molecule has 2 aromatic carbocycles. The van der Waals surface area contributed by atoms with E-state index in [-0.39, 0.29) is 43.1 Å². The molecule has 1 saturated heterocycles. The SMILES string of the molecule is CCC(F)(F)c1ccc(C[NH-])cc1.O=C(O)[C@H]1CN(c2cnc3nc[nH]c3n2)CCN1S(=O)(=O)c1ccc(OC(F)(F)F)cc1. The number of halogens is 5. The average molecular weight is 657 g/mol. The monoisotopic (exact) mass is 656 g/mol. The lowest BCUT2D eigenvalue weighted by Gasteiger charge is -2.38. The summed E-state index contributed by atoms with van der Waals surface area (Å²) < 4.78 is 93.7. The van der Waals surface area contributed by atoms with Crippen LogP contribution >= 0.6 is 0 Å². The summed E-state index contributed by atoms with van der Waals surface area (Å²) in [5, 5.41) is 9.66. The van der Waals surface area contributed by atoms with Crippen molar-refractivity contribution in [2.24, 2.45) is 0 Å². The molecule has 1 atom stereocenters. The summed E-state index contributed by atoms with van der Waals surface area (Å²) in [5.74, 6) is -4.37. The number of benzene rings is 2. The summed E-state index contributed by atoms with van der Waals surface area (Å²) in [7, 11) is -4.31. The van der Waals surface area contributed by atoms with E-state index in [1.807, 2.05) is 0 Å². The van der Waals surface area contributed by atoms with E-state index in [1.165, 1.54) is 31.6 Å². The van der Waals surface area contributed by atoms with E-state index in [0.717, 1.165) is 34.1 Å². The molecule has 242 valence electrons. The van der Waals surface area contributed by atoms with Crippen molar-refractivity contribution in [3.8, 4) is 5.75 Å². The van der Waals surface area contributed by atoms with Crippen molar-refractivity contribution >= 4 is 33.1 Å². The Kier molecular flexibility index (Phi) is 9.89. The van der Waals surface area contributed by atoms with Gasteiger partial charge in [-0.05, 0) is 24.3 Å². The lowest BCUT2D eigenvalue weighted by atomic mass is 10.0. The molecule has 18 heteroatoms. The summed E-state index contributed by atoms with van der Waals surface area (Å²) in [6.45, 7) is 1.31. The van der Waals surface area contributed by atoms with Gasteiger partial charge in [-0.1, -0.05) is 36.8 Å². The number of H-pyrrole nitrogens is 1. The van der Waals surface area contributed by atoms with Crippen LogP contribution in [-0.4, -0.2) is 75.8 Å². The molecular weight excluding hydrogens is 629 g/mol. The first-order valence-electron chi connectivity index (χ1n) is 13.3. The number of imidazole rings is 1. The predicted molar refractivity (Wildman–Crippen MR) is 151 cm³/mol. The molecule has 3 heterocycles. The van der Waals surface area contributed by atoms with E-state index in [4.69, 9.17) is 5.73 Å². The Morgan fingerprint density at radius 1 is 1.07 bits per heavy atom. The van der Waals surface area contributed by atoms with Gasteiger partial charge < -0.3 is 25.5 Å². The Hall–Kier alpha value is -4.42. The third-order valence-corrected chi connectivity index (χ3v) is 8.68. The Balaban J connectivity index is 0.000000297. The minimum Gasteiger partial charge on any atom is -0.674 e. The van der Waals surface area contributed by atoms with Crippen molar-refractivity contribution < 1.29 is 45.0 Å². The van der Waals surface area contributed by atoms with Crippen molar-refractivity contribution in [1.29, 1.82) is 0 Å². The summed E-state index contributed by atoms with van der Waals surface area (Å²) in [6, 6.07) is 8.04. The molecule has 0 unspecified atom stereocenters.